The number of hydrogen-bond donors (Lipinski definition) is 1. The van der Waals surface area contributed by atoms with Crippen molar-refractivity contribution in [3.8, 4) is 0 Å². The number of carbonyl (C=O) groups excluding carboxylic acids is 1. The van der Waals surface area contributed by atoms with Gasteiger partial charge in [0.1, 0.15) is 0 Å². The standard InChI is InChI=1S/C10H23NO3Si/c1-10(2,3)15(4,5)14-8-6-7-13-9(11)12/h6-8H2,1-5H3,(H2,11,12). The summed E-state index contributed by atoms with van der Waals surface area (Å²) in [6.07, 6.45) is -0.0162. The number of carbonyl (C=O) groups is 1. The maximum absolute atomic E-state index is 10.3. The fraction of sp³-hybridized carbons (Fsp3) is 0.900. The number of amides is 1. The normalized spacial score (nSPS) is 12.6. The van der Waals surface area contributed by atoms with Gasteiger partial charge in [-0.05, 0) is 18.1 Å². The van der Waals surface area contributed by atoms with Crippen LogP contribution in [0, 0.1) is 0 Å². The van der Waals surface area contributed by atoms with Gasteiger partial charge in [0, 0.05) is 13.0 Å². The Labute approximate surface area is 93.3 Å². The second-order valence-electron chi connectivity index (χ2n) is 5.13. The monoisotopic (exact) mass is 233 g/mol. The second kappa shape index (κ2) is 5.51. The van der Waals surface area contributed by atoms with Crippen LogP contribution in [0.3, 0.4) is 0 Å². The van der Waals surface area contributed by atoms with Gasteiger partial charge < -0.3 is 14.9 Å². The molecule has 0 atom stereocenters. The average molecular weight is 233 g/mol. The Morgan fingerprint density at radius 2 is 1.80 bits per heavy atom. The molecule has 0 aromatic rings. The van der Waals surface area contributed by atoms with Gasteiger partial charge in [0.15, 0.2) is 8.32 Å². The summed E-state index contributed by atoms with van der Waals surface area (Å²) in [5.74, 6) is 0. The minimum Gasteiger partial charge on any atom is -0.450 e. The minimum atomic E-state index is -1.65. The Hall–Kier alpha value is -0.553. The molecule has 0 spiro atoms. The minimum absolute atomic E-state index is 0.220. The highest BCUT2D eigenvalue weighted by molar-refractivity contribution is 6.74. The van der Waals surface area contributed by atoms with Crippen LogP contribution < -0.4 is 5.73 Å². The van der Waals surface area contributed by atoms with E-state index in [-0.39, 0.29) is 5.04 Å². The van der Waals surface area contributed by atoms with Crippen LogP contribution in [-0.4, -0.2) is 27.6 Å². The molecule has 0 unspecified atom stereocenters. The summed E-state index contributed by atoms with van der Waals surface area (Å²) in [4.78, 5) is 10.3. The molecule has 5 heteroatoms. The lowest BCUT2D eigenvalue weighted by Crippen LogP contribution is -2.41. The van der Waals surface area contributed by atoms with E-state index < -0.39 is 14.4 Å². The Kier molecular flexibility index (Phi) is 5.31. The van der Waals surface area contributed by atoms with Gasteiger partial charge in [0.25, 0.3) is 0 Å². The molecule has 0 aliphatic heterocycles. The van der Waals surface area contributed by atoms with Crippen LogP contribution in [0.25, 0.3) is 0 Å². The molecular formula is C10H23NO3Si. The molecule has 0 rings (SSSR count). The topological polar surface area (TPSA) is 61.6 Å². The highest BCUT2D eigenvalue weighted by Gasteiger charge is 2.36. The predicted octanol–water partition coefficient (Wildman–Crippen LogP) is 2.49. The molecule has 4 nitrogen and oxygen atoms in total. The molecule has 1 amide bonds. The van der Waals surface area contributed by atoms with E-state index in [0.29, 0.717) is 19.6 Å². The number of rotatable bonds is 5. The van der Waals surface area contributed by atoms with Crippen molar-refractivity contribution < 1.29 is 14.0 Å². The molecule has 0 aromatic carbocycles. The molecule has 0 fully saturated rings. The van der Waals surface area contributed by atoms with Crippen molar-refractivity contribution in [3.05, 3.63) is 0 Å². The van der Waals surface area contributed by atoms with Gasteiger partial charge in [-0.1, -0.05) is 20.8 Å². The van der Waals surface area contributed by atoms with E-state index in [0.717, 1.165) is 0 Å². The van der Waals surface area contributed by atoms with Crippen LogP contribution in [0.4, 0.5) is 4.79 Å². The Bertz CT molecular complexity index is 211. The molecule has 2 N–H and O–H groups in total. The maximum atomic E-state index is 10.3. The third-order valence-corrected chi connectivity index (χ3v) is 7.34. The van der Waals surface area contributed by atoms with E-state index in [1.165, 1.54) is 0 Å². The van der Waals surface area contributed by atoms with E-state index in [4.69, 9.17) is 10.2 Å². The maximum Gasteiger partial charge on any atom is 0.404 e. The highest BCUT2D eigenvalue weighted by atomic mass is 28.4. The molecule has 0 saturated carbocycles. The van der Waals surface area contributed by atoms with Crippen molar-refractivity contribution in [2.75, 3.05) is 13.2 Å². The van der Waals surface area contributed by atoms with Crippen molar-refractivity contribution in [2.24, 2.45) is 5.73 Å². The molecule has 0 saturated heterocycles. The van der Waals surface area contributed by atoms with Crippen LogP contribution in [0.1, 0.15) is 27.2 Å². The summed E-state index contributed by atoms with van der Waals surface area (Å²) >= 11 is 0. The zero-order chi connectivity index (χ0) is 12.1. The molecule has 0 bridgehead atoms. The van der Waals surface area contributed by atoms with E-state index in [9.17, 15) is 4.79 Å². The molecule has 0 aliphatic carbocycles. The van der Waals surface area contributed by atoms with Crippen molar-refractivity contribution in [1.82, 2.24) is 0 Å². The lowest BCUT2D eigenvalue weighted by Gasteiger charge is -2.36. The van der Waals surface area contributed by atoms with E-state index in [1.807, 2.05) is 0 Å². The van der Waals surface area contributed by atoms with Gasteiger partial charge in [-0.25, -0.2) is 4.79 Å². The van der Waals surface area contributed by atoms with Gasteiger partial charge in [0.2, 0.25) is 0 Å². The lowest BCUT2D eigenvalue weighted by molar-refractivity contribution is 0.146. The van der Waals surface area contributed by atoms with Crippen LogP contribution >= 0.6 is 0 Å². The Morgan fingerprint density at radius 1 is 1.27 bits per heavy atom. The second-order valence-corrected chi connectivity index (χ2v) is 9.94. The van der Waals surface area contributed by atoms with Gasteiger partial charge in [-0.15, -0.1) is 0 Å². The molecule has 0 aliphatic rings. The van der Waals surface area contributed by atoms with Crippen molar-refractivity contribution >= 4 is 14.4 Å². The van der Waals surface area contributed by atoms with Gasteiger partial charge >= 0.3 is 6.09 Å². The molecule has 0 heterocycles. The molecule has 90 valence electrons. The molecule has 15 heavy (non-hydrogen) atoms. The number of ether oxygens (including phenoxy) is 1. The van der Waals surface area contributed by atoms with Crippen molar-refractivity contribution in [1.29, 1.82) is 0 Å². The van der Waals surface area contributed by atoms with E-state index in [1.54, 1.807) is 0 Å². The first-order valence-electron chi connectivity index (χ1n) is 5.23. The molecule has 0 radical (unpaired) electrons. The van der Waals surface area contributed by atoms with Crippen LogP contribution in [-0.2, 0) is 9.16 Å². The third-order valence-electron chi connectivity index (χ3n) is 2.80. The van der Waals surface area contributed by atoms with Crippen LogP contribution in [0.5, 0.6) is 0 Å². The first-order valence-corrected chi connectivity index (χ1v) is 8.14. The zero-order valence-electron chi connectivity index (χ0n) is 10.4. The first kappa shape index (κ1) is 14.4. The summed E-state index contributed by atoms with van der Waals surface area (Å²) in [6.45, 7) is 11.9. The quantitative estimate of drug-likeness (QED) is 0.586. The van der Waals surface area contributed by atoms with Crippen molar-refractivity contribution in [3.63, 3.8) is 0 Å². The largest absolute Gasteiger partial charge is 0.450 e. The van der Waals surface area contributed by atoms with Crippen molar-refractivity contribution in [2.45, 2.75) is 45.3 Å². The Balaban J connectivity index is 3.72. The zero-order valence-corrected chi connectivity index (χ0v) is 11.4. The summed E-state index contributed by atoms with van der Waals surface area (Å²) in [5, 5.41) is 0.220. The van der Waals surface area contributed by atoms with Gasteiger partial charge in [-0.3, -0.25) is 0 Å². The van der Waals surface area contributed by atoms with Crippen LogP contribution in [0.15, 0.2) is 0 Å². The van der Waals surface area contributed by atoms with Gasteiger partial charge in [0.05, 0.1) is 6.61 Å². The smallest absolute Gasteiger partial charge is 0.404 e. The van der Waals surface area contributed by atoms with E-state index in [2.05, 4.69) is 38.6 Å². The average Bonchev–Trinajstić information content (AvgIpc) is 2.00. The van der Waals surface area contributed by atoms with Crippen LogP contribution in [0.2, 0.25) is 18.1 Å². The van der Waals surface area contributed by atoms with E-state index >= 15 is 0 Å². The summed E-state index contributed by atoms with van der Waals surface area (Å²) in [5.41, 5.74) is 4.84. The highest BCUT2D eigenvalue weighted by Crippen LogP contribution is 2.36. The Morgan fingerprint density at radius 3 is 2.20 bits per heavy atom. The first-order chi connectivity index (χ1) is 6.67. The molecule has 0 aromatic heterocycles. The number of nitrogens with two attached hydrogens (primary N) is 1. The summed E-state index contributed by atoms with van der Waals surface area (Å²) in [7, 11) is -1.65. The fourth-order valence-electron chi connectivity index (χ4n) is 0.776. The lowest BCUT2D eigenvalue weighted by atomic mass is 10.2. The van der Waals surface area contributed by atoms with Gasteiger partial charge in [-0.2, -0.15) is 0 Å². The SMILES string of the molecule is CC(C)(C)[Si](C)(C)OCCCOC(N)=O. The molecular weight excluding hydrogens is 210 g/mol. The fourth-order valence-corrected chi connectivity index (χ4v) is 1.86. The summed E-state index contributed by atoms with van der Waals surface area (Å²) in [6, 6.07) is 0. The number of primary amides is 1. The third kappa shape index (κ3) is 5.79. The number of hydrogen-bond acceptors (Lipinski definition) is 3. The predicted molar refractivity (Wildman–Crippen MR) is 63.3 cm³/mol. The summed E-state index contributed by atoms with van der Waals surface area (Å²) < 4.78 is 10.5.